The molecule has 0 aliphatic carbocycles. The molecule has 0 saturated carbocycles. The Bertz CT molecular complexity index is 233. The van der Waals surface area contributed by atoms with E-state index in [2.05, 4.69) is 5.32 Å². The molecule has 0 spiro atoms. The minimum atomic E-state index is -0.928. The van der Waals surface area contributed by atoms with Crippen molar-refractivity contribution in [1.29, 1.82) is 0 Å². The van der Waals surface area contributed by atoms with Crippen LogP contribution in [0, 0.1) is 0 Å². The fraction of sp³-hybridized carbons (Fsp3) is 0.900. The standard InChI is InChI=1S/C10H19NO4/c1-3-8(9(12)13)11-6-10(14)4-5-15-7(10)2/h7-8,11,14H,3-6H2,1-2H3,(H,12,13). The van der Waals surface area contributed by atoms with E-state index >= 15 is 0 Å². The number of carboxylic acid groups (broad SMARTS) is 1. The molecular formula is C10H19NO4. The van der Waals surface area contributed by atoms with Crippen molar-refractivity contribution in [3.05, 3.63) is 0 Å². The Morgan fingerprint density at radius 2 is 2.40 bits per heavy atom. The molecule has 0 amide bonds. The molecule has 0 aromatic rings. The first-order chi connectivity index (χ1) is 6.99. The Kier molecular flexibility index (Phi) is 4.07. The van der Waals surface area contributed by atoms with Crippen LogP contribution in [-0.2, 0) is 9.53 Å². The fourth-order valence-electron chi connectivity index (χ4n) is 1.71. The Morgan fingerprint density at radius 3 is 2.80 bits per heavy atom. The second kappa shape index (κ2) is 4.92. The van der Waals surface area contributed by atoms with Gasteiger partial charge < -0.3 is 20.3 Å². The van der Waals surface area contributed by atoms with Crippen molar-refractivity contribution in [2.45, 2.75) is 44.4 Å². The van der Waals surface area contributed by atoms with Gasteiger partial charge in [0.2, 0.25) is 0 Å². The van der Waals surface area contributed by atoms with E-state index in [0.29, 0.717) is 19.4 Å². The molecule has 1 rings (SSSR count). The highest BCUT2D eigenvalue weighted by atomic mass is 16.5. The van der Waals surface area contributed by atoms with Crippen molar-refractivity contribution in [2.75, 3.05) is 13.2 Å². The van der Waals surface area contributed by atoms with E-state index in [9.17, 15) is 9.90 Å². The van der Waals surface area contributed by atoms with Gasteiger partial charge in [0.25, 0.3) is 0 Å². The van der Waals surface area contributed by atoms with Gasteiger partial charge in [-0.1, -0.05) is 6.92 Å². The van der Waals surface area contributed by atoms with E-state index in [0.717, 1.165) is 0 Å². The predicted molar refractivity (Wildman–Crippen MR) is 54.7 cm³/mol. The summed E-state index contributed by atoms with van der Waals surface area (Å²) < 4.78 is 5.26. The summed E-state index contributed by atoms with van der Waals surface area (Å²) in [5.74, 6) is -0.882. The molecule has 88 valence electrons. The van der Waals surface area contributed by atoms with Gasteiger partial charge in [0, 0.05) is 19.6 Å². The number of hydrogen-bond donors (Lipinski definition) is 3. The van der Waals surface area contributed by atoms with E-state index in [1.807, 2.05) is 0 Å². The number of ether oxygens (including phenoxy) is 1. The second-order valence-electron chi connectivity index (χ2n) is 4.05. The zero-order valence-corrected chi connectivity index (χ0v) is 9.19. The van der Waals surface area contributed by atoms with Gasteiger partial charge in [-0.25, -0.2) is 0 Å². The smallest absolute Gasteiger partial charge is 0.320 e. The van der Waals surface area contributed by atoms with Crippen LogP contribution in [0.5, 0.6) is 0 Å². The number of carboxylic acids is 1. The number of aliphatic hydroxyl groups is 1. The third-order valence-corrected chi connectivity index (χ3v) is 3.02. The van der Waals surface area contributed by atoms with Gasteiger partial charge in [-0.3, -0.25) is 4.79 Å². The number of rotatable bonds is 5. The first-order valence-electron chi connectivity index (χ1n) is 5.30. The molecule has 3 unspecified atom stereocenters. The molecule has 0 aromatic heterocycles. The van der Waals surface area contributed by atoms with Crippen LogP contribution in [0.3, 0.4) is 0 Å². The summed E-state index contributed by atoms with van der Waals surface area (Å²) in [6.45, 7) is 4.39. The van der Waals surface area contributed by atoms with E-state index in [-0.39, 0.29) is 12.6 Å². The summed E-state index contributed by atoms with van der Waals surface area (Å²) in [4.78, 5) is 10.7. The summed E-state index contributed by atoms with van der Waals surface area (Å²) in [6.07, 6.45) is 0.814. The molecule has 15 heavy (non-hydrogen) atoms. The summed E-state index contributed by atoms with van der Waals surface area (Å²) in [5.41, 5.74) is -0.928. The molecule has 0 radical (unpaired) electrons. The van der Waals surface area contributed by atoms with Gasteiger partial charge >= 0.3 is 5.97 Å². The minimum Gasteiger partial charge on any atom is -0.480 e. The molecule has 1 aliphatic rings. The topological polar surface area (TPSA) is 78.8 Å². The fourth-order valence-corrected chi connectivity index (χ4v) is 1.71. The van der Waals surface area contributed by atoms with Crippen LogP contribution >= 0.6 is 0 Å². The molecule has 5 heteroatoms. The van der Waals surface area contributed by atoms with Crippen molar-refractivity contribution in [1.82, 2.24) is 5.32 Å². The second-order valence-corrected chi connectivity index (χ2v) is 4.05. The predicted octanol–water partition coefficient (Wildman–Crippen LogP) is -0.0209. The van der Waals surface area contributed by atoms with Crippen molar-refractivity contribution < 1.29 is 19.7 Å². The maximum Gasteiger partial charge on any atom is 0.320 e. The highest BCUT2D eigenvalue weighted by molar-refractivity contribution is 5.73. The molecular weight excluding hydrogens is 198 g/mol. The first kappa shape index (κ1) is 12.4. The van der Waals surface area contributed by atoms with Crippen LogP contribution in [0.1, 0.15) is 26.7 Å². The lowest BCUT2D eigenvalue weighted by molar-refractivity contribution is -0.140. The minimum absolute atomic E-state index is 0.240. The van der Waals surface area contributed by atoms with E-state index < -0.39 is 17.6 Å². The zero-order valence-electron chi connectivity index (χ0n) is 9.19. The van der Waals surface area contributed by atoms with Gasteiger partial charge in [-0.15, -0.1) is 0 Å². The molecule has 1 aliphatic heterocycles. The average molecular weight is 217 g/mol. The molecule has 5 nitrogen and oxygen atoms in total. The van der Waals surface area contributed by atoms with Crippen LogP contribution < -0.4 is 5.32 Å². The first-order valence-corrected chi connectivity index (χ1v) is 5.30. The lowest BCUT2D eigenvalue weighted by atomic mass is 9.96. The van der Waals surface area contributed by atoms with Gasteiger partial charge in [-0.2, -0.15) is 0 Å². The Hall–Kier alpha value is -0.650. The monoisotopic (exact) mass is 217 g/mol. The normalized spacial score (nSPS) is 32.9. The molecule has 0 bridgehead atoms. The summed E-state index contributed by atoms with van der Waals surface area (Å²) in [5, 5.41) is 21.8. The van der Waals surface area contributed by atoms with Crippen LogP contribution in [0.15, 0.2) is 0 Å². The van der Waals surface area contributed by atoms with Crippen molar-refractivity contribution >= 4 is 5.97 Å². The SMILES string of the molecule is CCC(NCC1(O)CCOC1C)C(=O)O. The van der Waals surface area contributed by atoms with Crippen LogP contribution in [0.2, 0.25) is 0 Å². The summed E-state index contributed by atoms with van der Waals surface area (Å²) >= 11 is 0. The van der Waals surface area contributed by atoms with Crippen LogP contribution in [-0.4, -0.2) is 47.1 Å². The van der Waals surface area contributed by atoms with Crippen LogP contribution in [0.4, 0.5) is 0 Å². The Balaban J connectivity index is 2.44. The Labute approximate surface area is 89.4 Å². The average Bonchev–Trinajstić information content (AvgIpc) is 2.48. The number of aliphatic carboxylic acids is 1. The third-order valence-electron chi connectivity index (χ3n) is 3.02. The molecule has 3 N–H and O–H groups in total. The lowest BCUT2D eigenvalue weighted by Gasteiger charge is -2.27. The molecule has 1 heterocycles. The van der Waals surface area contributed by atoms with Gasteiger partial charge in [0.15, 0.2) is 0 Å². The molecule has 1 saturated heterocycles. The van der Waals surface area contributed by atoms with E-state index in [1.165, 1.54) is 0 Å². The summed E-state index contributed by atoms with van der Waals surface area (Å²) in [7, 11) is 0. The molecule has 3 atom stereocenters. The highest BCUT2D eigenvalue weighted by Gasteiger charge is 2.39. The highest BCUT2D eigenvalue weighted by Crippen LogP contribution is 2.24. The van der Waals surface area contributed by atoms with Gasteiger partial charge in [-0.05, 0) is 13.3 Å². The van der Waals surface area contributed by atoms with Crippen LogP contribution in [0.25, 0.3) is 0 Å². The lowest BCUT2D eigenvalue weighted by Crippen LogP contribution is -2.50. The maximum absolute atomic E-state index is 10.7. The zero-order chi connectivity index (χ0) is 11.5. The van der Waals surface area contributed by atoms with E-state index in [1.54, 1.807) is 13.8 Å². The van der Waals surface area contributed by atoms with Gasteiger partial charge in [0.1, 0.15) is 11.6 Å². The summed E-state index contributed by atoms with van der Waals surface area (Å²) in [6, 6.07) is -0.596. The van der Waals surface area contributed by atoms with Gasteiger partial charge in [0.05, 0.1) is 6.10 Å². The largest absolute Gasteiger partial charge is 0.480 e. The van der Waals surface area contributed by atoms with Crippen molar-refractivity contribution in [2.24, 2.45) is 0 Å². The quantitative estimate of drug-likeness (QED) is 0.603. The third kappa shape index (κ3) is 2.90. The van der Waals surface area contributed by atoms with Crippen molar-refractivity contribution in [3.8, 4) is 0 Å². The molecule has 0 aromatic carbocycles. The molecule has 1 fully saturated rings. The Morgan fingerprint density at radius 1 is 1.73 bits per heavy atom. The van der Waals surface area contributed by atoms with Crippen molar-refractivity contribution in [3.63, 3.8) is 0 Å². The number of carbonyl (C=O) groups is 1. The number of hydrogen-bond acceptors (Lipinski definition) is 4. The number of nitrogens with one attached hydrogen (secondary N) is 1. The van der Waals surface area contributed by atoms with E-state index in [4.69, 9.17) is 9.84 Å². The maximum atomic E-state index is 10.7.